The molecule has 0 saturated heterocycles. The normalized spacial score (nSPS) is 12.9. The van der Waals surface area contributed by atoms with Crippen molar-refractivity contribution in [3.63, 3.8) is 0 Å². The van der Waals surface area contributed by atoms with Crippen LogP contribution in [0.25, 0.3) is 10.9 Å². The Morgan fingerprint density at radius 1 is 1.00 bits per heavy atom. The minimum absolute atomic E-state index is 0.0600. The number of carbonyl (C=O) groups excluding carboxylic acids is 4. The lowest BCUT2D eigenvalue weighted by Crippen LogP contribution is -2.53. The van der Waals surface area contributed by atoms with E-state index in [-0.39, 0.29) is 5.69 Å². The van der Waals surface area contributed by atoms with Crippen LogP contribution in [0.4, 0.5) is 0 Å². The number of fused-ring (bicyclic) bond motifs is 1. The molecule has 2 rings (SSSR count). The van der Waals surface area contributed by atoms with E-state index < -0.39 is 41.6 Å². The van der Waals surface area contributed by atoms with Gasteiger partial charge in [-0.1, -0.05) is 31.2 Å². The number of nitrogens with one attached hydrogen (secondary N) is 1. The first-order valence-corrected chi connectivity index (χ1v) is 8.41. The summed E-state index contributed by atoms with van der Waals surface area (Å²) in [5.41, 5.74) is 6.06. The van der Waals surface area contributed by atoms with E-state index in [0.29, 0.717) is 5.52 Å². The number of methoxy groups -OCH3 is 2. The Balaban J connectivity index is 2.29. The molecule has 1 heterocycles. The Labute approximate surface area is 161 Å². The molecule has 0 spiro atoms. The number of nitrogens with zero attached hydrogens (tertiary/aromatic N) is 1. The molecule has 2 atom stereocenters. The van der Waals surface area contributed by atoms with Crippen molar-refractivity contribution < 1.29 is 28.7 Å². The molecule has 1 aromatic carbocycles. The van der Waals surface area contributed by atoms with Crippen molar-refractivity contribution in [3.8, 4) is 0 Å². The molecule has 0 aliphatic rings. The summed E-state index contributed by atoms with van der Waals surface area (Å²) in [6, 6.07) is 9.09. The number of para-hydroxylation sites is 1. The fourth-order valence-corrected chi connectivity index (χ4v) is 2.84. The van der Waals surface area contributed by atoms with Crippen LogP contribution in [0.3, 0.4) is 0 Å². The van der Waals surface area contributed by atoms with Gasteiger partial charge in [0.05, 0.1) is 19.7 Å². The molecule has 0 bridgehead atoms. The first-order chi connectivity index (χ1) is 13.3. The topological polar surface area (TPSA) is 138 Å². The molecule has 1 aromatic heterocycles. The second-order valence-corrected chi connectivity index (χ2v) is 6.13. The number of benzene rings is 1. The van der Waals surface area contributed by atoms with E-state index in [9.17, 15) is 19.2 Å². The summed E-state index contributed by atoms with van der Waals surface area (Å²) >= 11 is 0. The van der Waals surface area contributed by atoms with E-state index in [1.54, 1.807) is 18.2 Å². The van der Waals surface area contributed by atoms with Gasteiger partial charge in [0, 0.05) is 11.3 Å². The second kappa shape index (κ2) is 8.94. The first-order valence-electron chi connectivity index (χ1n) is 8.41. The van der Waals surface area contributed by atoms with Gasteiger partial charge in [-0.3, -0.25) is 19.2 Å². The summed E-state index contributed by atoms with van der Waals surface area (Å²) in [5, 5.41) is 3.29. The molecule has 0 aliphatic carbocycles. The van der Waals surface area contributed by atoms with Crippen molar-refractivity contribution in [2.45, 2.75) is 13.0 Å². The number of amides is 2. The molecule has 9 nitrogen and oxygen atoms in total. The minimum atomic E-state index is -1.43. The third-order valence-electron chi connectivity index (χ3n) is 4.39. The van der Waals surface area contributed by atoms with E-state index in [1.807, 2.05) is 12.1 Å². The van der Waals surface area contributed by atoms with Crippen LogP contribution >= 0.6 is 0 Å². The molecule has 0 fully saturated rings. The summed E-state index contributed by atoms with van der Waals surface area (Å²) in [4.78, 5) is 52.7. The van der Waals surface area contributed by atoms with Crippen LogP contribution in [-0.4, -0.2) is 49.0 Å². The standard InChI is InChI=1S/C19H21N3O6/c1-10(14(18(25)27-2)19(26)28-3)15(16(20)23)22-17(24)13-9-8-11-6-4-5-7-12(11)21-13/h4-10,14-15H,1-3H3,(H2,20,23)(H,22,24)/t10-,15+/m1/s1. The maximum Gasteiger partial charge on any atom is 0.320 e. The average molecular weight is 387 g/mol. The quantitative estimate of drug-likeness (QED) is 0.518. The monoisotopic (exact) mass is 387 g/mol. The van der Waals surface area contributed by atoms with E-state index in [0.717, 1.165) is 19.6 Å². The van der Waals surface area contributed by atoms with Crippen molar-refractivity contribution >= 4 is 34.7 Å². The lowest BCUT2D eigenvalue weighted by Gasteiger charge is -2.26. The number of nitrogens with two attached hydrogens (primary N) is 1. The summed E-state index contributed by atoms with van der Waals surface area (Å²) in [6.07, 6.45) is 0. The van der Waals surface area contributed by atoms with Crippen molar-refractivity contribution in [2.24, 2.45) is 17.6 Å². The molecule has 28 heavy (non-hydrogen) atoms. The highest BCUT2D eigenvalue weighted by molar-refractivity contribution is 5.99. The van der Waals surface area contributed by atoms with Gasteiger partial charge in [0.15, 0.2) is 5.92 Å². The molecule has 0 unspecified atom stereocenters. The summed E-state index contributed by atoms with van der Waals surface area (Å²) in [5.74, 6) is -5.83. The number of carbonyl (C=O) groups is 4. The van der Waals surface area contributed by atoms with Gasteiger partial charge in [0.2, 0.25) is 5.91 Å². The average Bonchev–Trinajstić information content (AvgIpc) is 2.70. The van der Waals surface area contributed by atoms with Crippen LogP contribution in [0, 0.1) is 11.8 Å². The lowest BCUT2D eigenvalue weighted by atomic mass is 9.86. The van der Waals surface area contributed by atoms with Gasteiger partial charge >= 0.3 is 11.9 Å². The number of hydrogen-bond acceptors (Lipinski definition) is 7. The van der Waals surface area contributed by atoms with Crippen molar-refractivity contribution in [2.75, 3.05) is 14.2 Å². The number of pyridine rings is 1. The van der Waals surface area contributed by atoms with Crippen molar-refractivity contribution in [1.82, 2.24) is 10.3 Å². The van der Waals surface area contributed by atoms with Crippen LogP contribution < -0.4 is 11.1 Å². The van der Waals surface area contributed by atoms with Crippen LogP contribution in [0.2, 0.25) is 0 Å². The number of aromatic nitrogens is 1. The zero-order valence-electron chi connectivity index (χ0n) is 15.7. The third-order valence-corrected chi connectivity index (χ3v) is 4.39. The summed E-state index contributed by atoms with van der Waals surface area (Å²) in [6.45, 7) is 1.42. The van der Waals surface area contributed by atoms with E-state index in [4.69, 9.17) is 5.73 Å². The third kappa shape index (κ3) is 4.43. The molecular formula is C19H21N3O6. The molecule has 0 radical (unpaired) electrons. The molecule has 0 saturated carbocycles. The Morgan fingerprint density at radius 2 is 1.61 bits per heavy atom. The maximum atomic E-state index is 12.6. The molecule has 3 N–H and O–H groups in total. The van der Waals surface area contributed by atoms with Gasteiger partial charge in [0.25, 0.3) is 5.91 Å². The fourth-order valence-electron chi connectivity index (χ4n) is 2.84. The smallest absolute Gasteiger partial charge is 0.320 e. The SMILES string of the molecule is COC(=O)C(C(=O)OC)[C@@H](C)[C@H](NC(=O)c1ccc2ccccc2n1)C(N)=O. The highest BCUT2D eigenvalue weighted by atomic mass is 16.5. The van der Waals surface area contributed by atoms with Gasteiger partial charge in [-0.05, 0) is 12.1 Å². The molecule has 148 valence electrons. The van der Waals surface area contributed by atoms with Gasteiger partial charge in [-0.25, -0.2) is 4.98 Å². The van der Waals surface area contributed by atoms with Crippen molar-refractivity contribution in [3.05, 3.63) is 42.1 Å². The van der Waals surface area contributed by atoms with Crippen LogP contribution in [-0.2, 0) is 23.9 Å². The minimum Gasteiger partial charge on any atom is -0.468 e. The van der Waals surface area contributed by atoms with E-state index in [1.165, 1.54) is 13.0 Å². The molecule has 2 aromatic rings. The van der Waals surface area contributed by atoms with Gasteiger partial charge < -0.3 is 20.5 Å². The predicted molar refractivity (Wildman–Crippen MR) is 98.9 cm³/mol. The number of ether oxygens (including phenoxy) is 2. The van der Waals surface area contributed by atoms with Crippen LogP contribution in [0.1, 0.15) is 17.4 Å². The predicted octanol–water partition coefficient (Wildman–Crippen LogP) is 0.417. The number of esters is 2. The van der Waals surface area contributed by atoms with Gasteiger partial charge in [-0.15, -0.1) is 0 Å². The number of hydrogen-bond donors (Lipinski definition) is 2. The summed E-state index contributed by atoms with van der Waals surface area (Å²) < 4.78 is 9.21. The Bertz CT molecular complexity index is 897. The largest absolute Gasteiger partial charge is 0.468 e. The van der Waals surface area contributed by atoms with Crippen LogP contribution in [0.15, 0.2) is 36.4 Å². The Morgan fingerprint density at radius 3 is 2.18 bits per heavy atom. The van der Waals surface area contributed by atoms with E-state index in [2.05, 4.69) is 19.8 Å². The molecular weight excluding hydrogens is 366 g/mol. The Kier molecular flexibility index (Phi) is 6.64. The number of primary amides is 1. The highest BCUT2D eigenvalue weighted by Gasteiger charge is 2.41. The molecule has 9 heteroatoms. The Hall–Kier alpha value is -3.49. The highest BCUT2D eigenvalue weighted by Crippen LogP contribution is 2.20. The van der Waals surface area contributed by atoms with E-state index >= 15 is 0 Å². The number of rotatable bonds is 7. The van der Waals surface area contributed by atoms with Gasteiger partial charge in [-0.2, -0.15) is 0 Å². The zero-order valence-corrected chi connectivity index (χ0v) is 15.7. The maximum absolute atomic E-state index is 12.6. The van der Waals surface area contributed by atoms with Crippen molar-refractivity contribution in [1.29, 1.82) is 0 Å². The molecule has 0 aliphatic heterocycles. The first kappa shape index (κ1) is 20.8. The fraction of sp³-hybridized carbons (Fsp3) is 0.316. The van der Waals surface area contributed by atoms with Crippen LogP contribution in [0.5, 0.6) is 0 Å². The zero-order chi connectivity index (χ0) is 20.8. The lowest BCUT2D eigenvalue weighted by molar-refractivity contribution is -0.161. The summed E-state index contributed by atoms with van der Waals surface area (Å²) in [7, 11) is 2.20. The van der Waals surface area contributed by atoms with Gasteiger partial charge in [0.1, 0.15) is 11.7 Å². The molecule has 2 amide bonds. The second-order valence-electron chi connectivity index (χ2n) is 6.13.